The standard InChI is InChI=1S/C16H22N4O2/c1-3-18-6-8-19(9-7-18)16(21)12-22-14-10-15-17-4-5-20(15)11-13(14)2/h4-5,10-11H,3,6-9,12H2,1-2H3. The van der Waals surface area contributed by atoms with Crippen LogP contribution in [0.3, 0.4) is 0 Å². The van der Waals surface area contributed by atoms with Gasteiger partial charge in [-0.2, -0.15) is 0 Å². The molecule has 3 rings (SSSR count). The Kier molecular flexibility index (Phi) is 4.29. The van der Waals surface area contributed by atoms with Crippen LogP contribution in [0.2, 0.25) is 0 Å². The van der Waals surface area contributed by atoms with Crippen LogP contribution in [-0.4, -0.2) is 64.4 Å². The number of fused-ring (bicyclic) bond motifs is 1. The Morgan fingerprint density at radius 3 is 2.82 bits per heavy atom. The number of aromatic nitrogens is 2. The highest BCUT2D eigenvalue weighted by molar-refractivity contribution is 5.78. The van der Waals surface area contributed by atoms with E-state index in [2.05, 4.69) is 16.8 Å². The molecule has 0 N–H and O–H groups in total. The first kappa shape index (κ1) is 14.8. The van der Waals surface area contributed by atoms with Gasteiger partial charge in [-0.25, -0.2) is 4.98 Å². The first-order valence-electron chi connectivity index (χ1n) is 7.73. The fourth-order valence-corrected chi connectivity index (χ4v) is 2.75. The SMILES string of the molecule is CCN1CCN(C(=O)COc2cc3nccn3cc2C)CC1. The third-order valence-electron chi connectivity index (χ3n) is 4.20. The number of hydrogen-bond donors (Lipinski definition) is 0. The van der Waals surface area contributed by atoms with Crippen LogP contribution in [0.25, 0.3) is 5.65 Å². The Morgan fingerprint density at radius 2 is 2.09 bits per heavy atom. The van der Waals surface area contributed by atoms with Crippen molar-refractivity contribution in [1.29, 1.82) is 0 Å². The Hall–Kier alpha value is -2.08. The molecular formula is C16H22N4O2. The molecule has 0 spiro atoms. The number of carbonyl (C=O) groups excluding carboxylic acids is 1. The van der Waals surface area contributed by atoms with Gasteiger partial charge in [0.25, 0.3) is 5.91 Å². The van der Waals surface area contributed by atoms with Gasteiger partial charge < -0.3 is 18.9 Å². The molecule has 2 aromatic rings. The zero-order valence-corrected chi connectivity index (χ0v) is 13.2. The highest BCUT2D eigenvalue weighted by Gasteiger charge is 2.20. The average Bonchev–Trinajstić information content (AvgIpc) is 2.99. The second-order valence-electron chi connectivity index (χ2n) is 5.62. The van der Waals surface area contributed by atoms with Crippen molar-refractivity contribution in [1.82, 2.24) is 19.2 Å². The van der Waals surface area contributed by atoms with Gasteiger partial charge >= 0.3 is 0 Å². The molecule has 0 aliphatic carbocycles. The summed E-state index contributed by atoms with van der Waals surface area (Å²) in [5.74, 6) is 0.776. The van der Waals surface area contributed by atoms with Gasteiger partial charge in [-0.3, -0.25) is 4.79 Å². The molecule has 0 aromatic carbocycles. The van der Waals surface area contributed by atoms with Crippen molar-refractivity contribution in [2.45, 2.75) is 13.8 Å². The van der Waals surface area contributed by atoms with Crippen molar-refractivity contribution >= 4 is 11.6 Å². The quantitative estimate of drug-likeness (QED) is 0.851. The number of nitrogens with zero attached hydrogens (tertiary/aromatic N) is 4. The van der Waals surface area contributed by atoms with Crippen molar-refractivity contribution in [2.75, 3.05) is 39.3 Å². The van der Waals surface area contributed by atoms with Crippen molar-refractivity contribution in [2.24, 2.45) is 0 Å². The maximum atomic E-state index is 12.3. The van der Waals surface area contributed by atoms with Gasteiger partial charge in [0.05, 0.1) is 0 Å². The van der Waals surface area contributed by atoms with E-state index in [4.69, 9.17) is 4.74 Å². The molecule has 6 heteroatoms. The molecular weight excluding hydrogens is 280 g/mol. The smallest absolute Gasteiger partial charge is 0.260 e. The zero-order valence-electron chi connectivity index (χ0n) is 13.2. The van der Waals surface area contributed by atoms with Gasteiger partial charge in [0.15, 0.2) is 6.61 Å². The molecule has 0 atom stereocenters. The van der Waals surface area contributed by atoms with Gasteiger partial charge in [-0.1, -0.05) is 6.92 Å². The fourth-order valence-electron chi connectivity index (χ4n) is 2.75. The molecule has 0 radical (unpaired) electrons. The monoisotopic (exact) mass is 302 g/mol. The zero-order chi connectivity index (χ0) is 15.5. The van der Waals surface area contributed by atoms with Gasteiger partial charge in [0.1, 0.15) is 11.4 Å². The summed E-state index contributed by atoms with van der Waals surface area (Å²) in [4.78, 5) is 20.7. The summed E-state index contributed by atoms with van der Waals surface area (Å²) < 4.78 is 7.66. The summed E-state index contributed by atoms with van der Waals surface area (Å²) in [5.41, 5.74) is 1.82. The molecule has 1 amide bonds. The molecule has 22 heavy (non-hydrogen) atoms. The van der Waals surface area contributed by atoms with Crippen LogP contribution in [-0.2, 0) is 4.79 Å². The lowest BCUT2D eigenvalue weighted by atomic mass is 10.3. The van der Waals surface area contributed by atoms with Crippen LogP contribution in [0, 0.1) is 6.92 Å². The number of hydrogen-bond acceptors (Lipinski definition) is 4. The average molecular weight is 302 g/mol. The van der Waals surface area contributed by atoms with E-state index >= 15 is 0 Å². The summed E-state index contributed by atoms with van der Waals surface area (Å²) in [5, 5.41) is 0. The minimum Gasteiger partial charge on any atom is -0.483 e. The predicted octanol–water partition coefficient (Wildman–Crippen LogP) is 1.19. The Bertz CT molecular complexity index is 659. The van der Waals surface area contributed by atoms with Crippen LogP contribution >= 0.6 is 0 Å². The van der Waals surface area contributed by atoms with E-state index in [1.54, 1.807) is 6.20 Å². The molecule has 1 fully saturated rings. The predicted molar refractivity (Wildman–Crippen MR) is 84.1 cm³/mol. The minimum absolute atomic E-state index is 0.0540. The molecule has 118 valence electrons. The Morgan fingerprint density at radius 1 is 1.32 bits per heavy atom. The highest BCUT2D eigenvalue weighted by Crippen LogP contribution is 2.19. The van der Waals surface area contributed by atoms with Crippen molar-refractivity contribution in [3.05, 3.63) is 30.2 Å². The van der Waals surface area contributed by atoms with Crippen LogP contribution in [0.5, 0.6) is 5.75 Å². The van der Waals surface area contributed by atoms with E-state index < -0.39 is 0 Å². The molecule has 1 aliphatic rings. The number of aryl methyl sites for hydroxylation is 1. The topological polar surface area (TPSA) is 50.1 Å². The highest BCUT2D eigenvalue weighted by atomic mass is 16.5. The number of carbonyl (C=O) groups is 1. The molecule has 0 bridgehead atoms. The first-order chi connectivity index (χ1) is 10.7. The number of rotatable bonds is 4. The molecule has 0 unspecified atom stereocenters. The summed E-state index contributed by atoms with van der Waals surface area (Å²) in [6, 6.07) is 1.87. The molecule has 1 saturated heterocycles. The van der Waals surface area contributed by atoms with Crippen LogP contribution < -0.4 is 4.74 Å². The maximum absolute atomic E-state index is 12.3. The van der Waals surface area contributed by atoms with Crippen LogP contribution in [0.1, 0.15) is 12.5 Å². The summed E-state index contributed by atoms with van der Waals surface area (Å²) in [6.45, 7) is 8.71. The fraction of sp³-hybridized carbons (Fsp3) is 0.500. The van der Waals surface area contributed by atoms with Crippen molar-refractivity contribution < 1.29 is 9.53 Å². The second-order valence-corrected chi connectivity index (χ2v) is 5.62. The Balaban J connectivity index is 1.59. The number of imidazole rings is 1. The maximum Gasteiger partial charge on any atom is 0.260 e. The molecule has 6 nitrogen and oxygen atoms in total. The lowest BCUT2D eigenvalue weighted by molar-refractivity contribution is -0.135. The van der Waals surface area contributed by atoms with E-state index in [-0.39, 0.29) is 12.5 Å². The first-order valence-corrected chi connectivity index (χ1v) is 7.73. The van der Waals surface area contributed by atoms with E-state index in [0.717, 1.165) is 49.7 Å². The van der Waals surface area contributed by atoms with Gasteiger partial charge in [0.2, 0.25) is 0 Å². The third-order valence-corrected chi connectivity index (χ3v) is 4.20. The number of pyridine rings is 1. The van der Waals surface area contributed by atoms with Gasteiger partial charge in [-0.15, -0.1) is 0 Å². The lowest BCUT2D eigenvalue weighted by Gasteiger charge is -2.34. The summed E-state index contributed by atoms with van der Waals surface area (Å²) in [7, 11) is 0. The minimum atomic E-state index is 0.0540. The van der Waals surface area contributed by atoms with Crippen molar-refractivity contribution in [3.8, 4) is 5.75 Å². The van der Waals surface area contributed by atoms with Gasteiger partial charge in [-0.05, 0) is 13.5 Å². The summed E-state index contributed by atoms with van der Waals surface area (Å²) >= 11 is 0. The van der Waals surface area contributed by atoms with Gasteiger partial charge in [0, 0.05) is 56.4 Å². The number of ether oxygens (including phenoxy) is 1. The normalized spacial score (nSPS) is 16.2. The number of likely N-dealkylation sites (N-methyl/N-ethyl adjacent to an activating group) is 1. The van der Waals surface area contributed by atoms with E-state index in [9.17, 15) is 4.79 Å². The van der Waals surface area contributed by atoms with Crippen molar-refractivity contribution in [3.63, 3.8) is 0 Å². The number of amides is 1. The Labute approximate surface area is 130 Å². The van der Waals surface area contributed by atoms with E-state index in [0.29, 0.717) is 0 Å². The molecule has 3 heterocycles. The lowest BCUT2D eigenvalue weighted by Crippen LogP contribution is -2.49. The molecule has 2 aromatic heterocycles. The van der Waals surface area contributed by atoms with E-state index in [1.165, 1.54) is 0 Å². The van der Waals surface area contributed by atoms with Crippen LogP contribution in [0.4, 0.5) is 0 Å². The third kappa shape index (κ3) is 3.06. The summed E-state index contributed by atoms with van der Waals surface area (Å²) in [6.07, 6.45) is 5.60. The van der Waals surface area contributed by atoms with E-state index in [1.807, 2.05) is 34.7 Å². The molecule has 0 saturated carbocycles. The second kappa shape index (κ2) is 6.36. The number of piperazine rings is 1. The molecule has 1 aliphatic heterocycles. The van der Waals surface area contributed by atoms with Crippen LogP contribution in [0.15, 0.2) is 24.7 Å². The largest absolute Gasteiger partial charge is 0.483 e.